The van der Waals surface area contributed by atoms with Gasteiger partial charge in [0.1, 0.15) is 5.69 Å². The van der Waals surface area contributed by atoms with Gasteiger partial charge in [0.2, 0.25) is 0 Å². The summed E-state index contributed by atoms with van der Waals surface area (Å²) in [5, 5.41) is 13.5. The van der Waals surface area contributed by atoms with Crippen LogP contribution in [-0.2, 0) is 0 Å². The Morgan fingerprint density at radius 1 is 1.50 bits per heavy atom. The summed E-state index contributed by atoms with van der Waals surface area (Å²) < 4.78 is 0. The van der Waals surface area contributed by atoms with Crippen LogP contribution in [0.1, 0.15) is 17.3 Å². The summed E-state index contributed by atoms with van der Waals surface area (Å²) >= 11 is 0. The maximum atomic E-state index is 11.9. The number of likely N-dealkylation sites (N-methyl/N-ethyl adjacent to an activating group) is 1. The molecule has 0 saturated heterocycles. The molecule has 20 heavy (non-hydrogen) atoms. The fourth-order valence-electron chi connectivity index (χ4n) is 1.57. The van der Waals surface area contributed by atoms with Gasteiger partial charge in [-0.3, -0.25) is 20.8 Å². The number of nitro benzene ring substituents is 1. The number of nitrogen functional groups attached to an aromatic ring is 1. The second-order valence-corrected chi connectivity index (χ2v) is 4.29. The minimum atomic E-state index is -0.562. The number of nitrogens with two attached hydrogens (primary N) is 1. The van der Waals surface area contributed by atoms with E-state index < -0.39 is 4.92 Å². The van der Waals surface area contributed by atoms with Gasteiger partial charge < -0.3 is 15.6 Å². The van der Waals surface area contributed by atoms with Crippen LogP contribution in [0.3, 0.4) is 0 Å². The lowest BCUT2D eigenvalue weighted by atomic mass is 10.1. The molecule has 0 saturated carbocycles. The van der Waals surface area contributed by atoms with Crippen LogP contribution in [0.15, 0.2) is 18.2 Å². The molecular formula is C12H19N5O3. The maximum absolute atomic E-state index is 11.9. The highest BCUT2D eigenvalue weighted by Gasteiger charge is 2.15. The van der Waals surface area contributed by atoms with Crippen molar-refractivity contribution in [2.75, 3.05) is 32.1 Å². The average Bonchev–Trinajstić information content (AvgIpc) is 2.45. The molecule has 1 amide bonds. The van der Waals surface area contributed by atoms with E-state index in [1.807, 2.05) is 14.0 Å². The molecule has 0 radical (unpaired) electrons. The van der Waals surface area contributed by atoms with E-state index in [1.165, 1.54) is 18.2 Å². The second-order valence-electron chi connectivity index (χ2n) is 4.29. The van der Waals surface area contributed by atoms with E-state index in [0.29, 0.717) is 12.1 Å². The predicted octanol–water partition coefficient (Wildman–Crippen LogP) is 0.562. The van der Waals surface area contributed by atoms with Gasteiger partial charge in [0.25, 0.3) is 11.6 Å². The molecule has 0 fully saturated rings. The van der Waals surface area contributed by atoms with Gasteiger partial charge in [0.05, 0.1) is 4.92 Å². The Morgan fingerprint density at radius 3 is 2.75 bits per heavy atom. The van der Waals surface area contributed by atoms with Crippen molar-refractivity contribution in [1.29, 1.82) is 0 Å². The highest BCUT2D eigenvalue weighted by atomic mass is 16.6. The number of amides is 1. The number of benzene rings is 1. The smallest absolute Gasteiger partial charge is 0.293 e. The molecule has 0 aliphatic heterocycles. The molecule has 0 heterocycles. The van der Waals surface area contributed by atoms with Crippen LogP contribution in [0, 0.1) is 10.1 Å². The van der Waals surface area contributed by atoms with E-state index in [0.717, 1.165) is 13.1 Å². The van der Waals surface area contributed by atoms with Gasteiger partial charge in [-0.1, -0.05) is 6.92 Å². The normalized spacial score (nSPS) is 10.4. The third kappa shape index (κ3) is 4.18. The fraction of sp³-hybridized carbons (Fsp3) is 0.417. The van der Waals surface area contributed by atoms with Gasteiger partial charge in [0, 0.05) is 24.7 Å². The number of carbonyl (C=O) groups excluding carboxylic acids is 1. The second kappa shape index (κ2) is 7.41. The summed E-state index contributed by atoms with van der Waals surface area (Å²) in [4.78, 5) is 24.1. The lowest BCUT2D eigenvalue weighted by molar-refractivity contribution is -0.384. The third-order valence-corrected chi connectivity index (χ3v) is 2.93. The molecule has 0 spiro atoms. The number of hydrogen-bond donors (Lipinski definition) is 3. The van der Waals surface area contributed by atoms with Crippen LogP contribution in [-0.4, -0.2) is 42.4 Å². The Balaban J connectivity index is 2.71. The monoisotopic (exact) mass is 281 g/mol. The SMILES string of the molecule is CCN(C)CCNC(=O)c1ccc([N+](=O)[O-])c(NN)c1. The highest BCUT2D eigenvalue weighted by molar-refractivity contribution is 5.95. The average molecular weight is 281 g/mol. The van der Waals surface area contributed by atoms with Crippen LogP contribution in [0.5, 0.6) is 0 Å². The van der Waals surface area contributed by atoms with Crippen LogP contribution in [0.25, 0.3) is 0 Å². The fourth-order valence-corrected chi connectivity index (χ4v) is 1.57. The van der Waals surface area contributed by atoms with Gasteiger partial charge in [-0.15, -0.1) is 0 Å². The van der Waals surface area contributed by atoms with Gasteiger partial charge in [-0.05, 0) is 25.7 Å². The quantitative estimate of drug-likeness (QED) is 0.382. The Bertz CT molecular complexity index is 492. The molecule has 0 atom stereocenters. The first kappa shape index (κ1) is 15.9. The van der Waals surface area contributed by atoms with Crippen molar-refractivity contribution in [3.05, 3.63) is 33.9 Å². The molecule has 8 nitrogen and oxygen atoms in total. The zero-order valence-corrected chi connectivity index (χ0v) is 11.5. The van der Waals surface area contributed by atoms with Crippen LogP contribution < -0.4 is 16.6 Å². The zero-order valence-electron chi connectivity index (χ0n) is 11.5. The molecule has 0 aliphatic carbocycles. The zero-order chi connectivity index (χ0) is 15.1. The van der Waals surface area contributed by atoms with Crippen molar-refractivity contribution in [2.45, 2.75) is 6.92 Å². The van der Waals surface area contributed by atoms with E-state index in [-0.39, 0.29) is 17.3 Å². The van der Waals surface area contributed by atoms with Crippen LogP contribution in [0.4, 0.5) is 11.4 Å². The molecule has 8 heteroatoms. The van der Waals surface area contributed by atoms with E-state index in [4.69, 9.17) is 5.84 Å². The summed E-state index contributed by atoms with van der Waals surface area (Å²) in [7, 11) is 1.95. The number of hydrogen-bond acceptors (Lipinski definition) is 6. The van der Waals surface area contributed by atoms with Gasteiger partial charge in [0.15, 0.2) is 0 Å². The van der Waals surface area contributed by atoms with Crippen molar-refractivity contribution < 1.29 is 9.72 Å². The largest absolute Gasteiger partial charge is 0.351 e. The molecule has 1 aromatic rings. The van der Waals surface area contributed by atoms with Crippen molar-refractivity contribution in [2.24, 2.45) is 5.84 Å². The molecule has 1 aromatic carbocycles. The predicted molar refractivity (Wildman–Crippen MR) is 76.4 cm³/mol. The lowest BCUT2D eigenvalue weighted by Gasteiger charge is -2.14. The minimum absolute atomic E-state index is 0.105. The van der Waals surface area contributed by atoms with Gasteiger partial charge in [-0.2, -0.15) is 0 Å². The first-order valence-electron chi connectivity index (χ1n) is 6.21. The highest BCUT2D eigenvalue weighted by Crippen LogP contribution is 2.24. The Hall–Kier alpha value is -2.19. The number of nitrogens with one attached hydrogen (secondary N) is 2. The van der Waals surface area contributed by atoms with Crippen molar-refractivity contribution >= 4 is 17.3 Å². The number of hydrazine groups is 1. The molecular weight excluding hydrogens is 262 g/mol. The third-order valence-electron chi connectivity index (χ3n) is 2.93. The molecule has 4 N–H and O–H groups in total. The van der Waals surface area contributed by atoms with E-state index in [2.05, 4.69) is 15.6 Å². The summed E-state index contributed by atoms with van der Waals surface area (Å²) in [6, 6.07) is 4.01. The molecule has 1 rings (SSSR count). The van der Waals surface area contributed by atoms with Gasteiger partial charge >= 0.3 is 0 Å². The summed E-state index contributed by atoms with van der Waals surface area (Å²) in [5.41, 5.74) is 2.48. The van der Waals surface area contributed by atoms with Crippen molar-refractivity contribution in [1.82, 2.24) is 10.2 Å². The van der Waals surface area contributed by atoms with Crippen LogP contribution in [0.2, 0.25) is 0 Å². The molecule has 0 unspecified atom stereocenters. The minimum Gasteiger partial charge on any atom is -0.351 e. The molecule has 0 aromatic heterocycles. The number of nitro groups is 1. The van der Waals surface area contributed by atoms with Crippen molar-refractivity contribution in [3.63, 3.8) is 0 Å². The molecule has 110 valence electrons. The summed E-state index contributed by atoms with van der Waals surface area (Å²) in [6.45, 7) is 4.16. The van der Waals surface area contributed by atoms with E-state index in [1.54, 1.807) is 0 Å². The maximum Gasteiger partial charge on any atom is 0.293 e. The summed E-state index contributed by atoms with van der Waals surface area (Å²) in [5.74, 6) is 4.93. The number of carbonyl (C=O) groups is 1. The first-order valence-corrected chi connectivity index (χ1v) is 6.21. The topological polar surface area (TPSA) is 114 Å². The van der Waals surface area contributed by atoms with Crippen molar-refractivity contribution in [3.8, 4) is 0 Å². The Kier molecular flexibility index (Phi) is 5.88. The first-order chi connectivity index (χ1) is 9.49. The lowest BCUT2D eigenvalue weighted by Crippen LogP contribution is -2.32. The number of rotatable bonds is 7. The van der Waals surface area contributed by atoms with Gasteiger partial charge in [-0.25, -0.2) is 0 Å². The Labute approximate surface area is 117 Å². The summed E-state index contributed by atoms with van der Waals surface area (Å²) in [6.07, 6.45) is 0. The molecule has 0 bridgehead atoms. The Morgan fingerprint density at radius 2 is 2.20 bits per heavy atom. The number of nitrogens with zero attached hydrogens (tertiary/aromatic N) is 2. The van der Waals surface area contributed by atoms with E-state index in [9.17, 15) is 14.9 Å². The van der Waals surface area contributed by atoms with E-state index >= 15 is 0 Å². The standard InChI is InChI=1S/C12H19N5O3/c1-3-16(2)7-6-14-12(18)9-4-5-11(17(19)20)10(8-9)15-13/h4-5,8,15H,3,6-7,13H2,1-2H3,(H,14,18). The number of anilines is 1. The van der Waals surface area contributed by atoms with Crippen LogP contribution >= 0.6 is 0 Å². The molecule has 0 aliphatic rings.